The summed E-state index contributed by atoms with van der Waals surface area (Å²) < 4.78 is 41.3. The molecule has 0 saturated carbocycles. The van der Waals surface area contributed by atoms with Crippen molar-refractivity contribution in [3.05, 3.63) is 47.0 Å². The molecule has 18 heavy (non-hydrogen) atoms. The van der Waals surface area contributed by atoms with Gasteiger partial charge in [-0.2, -0.15) is 5.10 Å². The van der Waals surface area contributed by atoms with Crippen molar-refractivity contribution in [3.63, 3.8) is 0 Å². The third-order valence-electron chi connectivity index (χ3n) is 2.58. The third kappa shape index (κ3) is 1.99. The predicted octanol–water partition coefficient (Wildman–Crippen LogP) is 2.41. The van der Waals surface area contributed by atoms with Crippen LogP contribution >= 0.6 is 0 Å². The molecular formula is C13H13FN2O2. The van der Waals surface area contributed by atoms with Crippen LogP contribution in [0.2, 0.25) is 0 Å². The molecule has 1 heterocycles. The summed E-state index contributed by atoms with van der Waals surface area (Å²) in [6.45, 7) is -1.00. The first-order valence-electron chi connectivity index (χ1n) is 6.70. The number of esters is 1. The Morgan fingerprint density at radius 3 is 2.67 bits per heavy atom. The number of halogens is 1. The fraction of sp³-hybridized carbons (Fsp3) is 0.231. The Morgan fingerprint density at radius 2 is 2.11 bits per heavy atom. The topological polar surface area (TPSA) is 44.1 Å². The van der Waals surface area contributed by atoms with Crippen molar-refractivity contribution in [1.29, 1.82) is 0 Å². The van der Waals surface area contributed by atoms with Gasteiger partial charge in [-0.1, -0.05) is 0 Å². The monoisotopic (exact) mass is 251 g/mol. The zero-order valence-electron chi connectivity index (χ0n) is 12.9. The Hall–Kier alpha value is -2.17. The largest absolute Gasteiger partial charge is 0.465 e. The van der Waals surface area contributed by atoms with Crippen molar-refractivity contribution in [2.24, 2.45) is 0 Å². The van der Waals surface area contributed by atoms with Crippen LogP contribution in [-0.4, -0.2) is 22.9 Å². The molecule has 1 aromatic carbocycles. The van der Waals surface area contributed by atoms with Crippen LogP contribution in [0.25, 0.3) is 5.69 Å². The minimum Gasteiger partial charge on any atom is -0.465 e. The summed E-state index contributed by atoms with van der Waals surface area (Å²) in [6, 6.07) is 5.34. The number of carbonyl (C=O) groups is 1. The molecule has 0 amide bonds. The van der Waals surface area contributed by atoms with Crippen LogP contribution in [0, 0.1) is 19.6 Å². The first kappa shape index (κ1) is 8.85. The molecule has 1 aromatic heterocycles. The molecule has 0 atom stereocenters. The molecule has 0 aliphatic heterocycles. The highest BCUT2D eigenvalue weighted by Crippen LogP contribution is 2.18. The first-order valence-corrected chi connectivity index (χ1v) is 5.20. The number of aromatic nitrogens is 2. The minimum atomic E-state index is -2.56. The van der Waals surface area contributed by atoms with Crippen LogP contribution in [0.1, 0.15) is 25.9 Å². The van der Waals surface area contributed by atoms with Crippen LogP contribution in [0.15, 0.2) is 24.3 Å². The lowest BCUT2D eigenvalue weighted by molar-refractivity contribution is 0.0599. The zero-order valence-corrected chi connectivity index (χ0v) is 9.90. The number of benzene rings is 1. The van der Waals surface area contributed by atoms with Crippen LogP contribution in [0.5, 0.6) is 0 Å². The van der Waals surface area contributed by atoms with Gasteiger partial charge in [0.05, 0.1) is 24.2 Å². The highest BCUT2D eigenvalue weighted by Gasteiger charge is 2.19. The van der Waals surface area contributed by atoms with Gasteiger partial charge in [-0.25, -0.2) is 13.9 Å². The van der Waals surface area contributed by atoms with Crippen molar-refractivity contribution in [1.82, 2.24) is 9.78 Å². The van der Waals surface area contributed by atoms with Gasteiger partial charge in [-0.05, 0) is 38.0 Å². The van der Waals surface area contributed by atoms with E-state index in [9.17, 15) is 9.18 Å². The van der Waals surface area contributed by atoms with E-state index in [0.29, 0.717) is 11.4 Å². The van der Waals surface area contributed by atoms with E-state index in [-0.39, 0.29) is 11.3 Å². The van der Waals surface area contributed by atoms with Crippen LogP contribution in [0.4, 0.5) is 4.39 Å². The molecule has 0 aliphatic carbocycles. The molecule has 0 aliphatic rings. The number of ether oxygens (including phenoxy) is 1. The van der Waals surface area contributed by atoms with Crippen LogP contribution < -0.4 is 0 Å². The van der Waals surface area contributed by atoms with Crippen molar-refractivity contribution in [2.75, 3.05) is 7.11 Å². The molecule has 4 nitrogen and oxygen atoms in total. The molecular weight excluding hydrogens is 235 g/mol. The lowest BCUT2D eigenvalue weighted by Gasteiger charge is -2.04. The zero-order chi connectivity index (χ0) is 15.8. The Morgan fingerprint density at radius 1 is 1.44 bits per heavy atom. The van der Waals surface area contributed by atoms with Gasteiger partial charge in [0.25, 0.3) is 0 Å². The fourth-order valence-corrected chi connectivity index (χ4v) is 1.68. The summed E-state index contributed by atoms with van der Waals surface area (Å²) in [5.74, 6) is -1.19. The molecule has 0 spiro atoms. The molecule has 0 unspecified atom stereocenters. The van der Waals surface area contributed by atoms with Crippen molar-refractivity contribution in [3.8, 4) is 5.69 Å². The molecule has 0 saturated heterocycles. The maximum atomic E-state index is 13.0. The predicted molar refractivity (Wildman–Crippen MR) is 64.3 cm³/mol. The maximum absolute atomic E-state index is 13.0. The van der Waals surface area contributed by atoms with Crippen molar-refractivity contribution >= 4 is 5.97 Å². The molecule has 0 bridgehead atoms. The highest BCUT2D eigenvalue weighted by atomic mass is 19.1. The van der Waals surface area contributed by atoms with Crippen molar-refractivity contribution in [2.45, 2.75) is 13.8 Å². The normalized spacial score (nSPS) is 13.6. The number of rotatable bonds is 2. The SMILES string of the molecule is [2H]C([2H])([2H])c1nn(-c2ccc(F)cc2)c(C)c1C(=O)OC. The lowest BCUT2D eigenvalue weighted by Crippen LogP contribution is -2.05. The van der Waals surface area contributed by atoms with E-state index < -0.39 is 18.6 Å². The third-order valence-corrected chi connectivity index (χ3v) is 2.58. The molecule has 5 heteroatoms. The number of hydrogen-bond donors (Lipinski definition) is 0. The lowest BCUT2D eigenvalue weighted by atomic mass is 10.2. The Balaban J connectivity index is 2.67. The van der Waals surface area contributed by atoms with E-state index in [1.165, 1.54) is 36.1 Å². The van der Waals surface area contributed by atoms with Gasteiger partial charge in [0.15, 0.2) is 0 Å². The van der Waals surface area contributed by atoms with E-state index >= 15 is 0 Å². The summed E-state index contributed by atoms with van der Waals surface area (Å²) in [7, 11) is 1.17. The summed E-state index contributed by atoms with van der Waals surface area (Å²) in [6.07, 6.45) is 0. The second kappa shape index (κ2) is 4.60. The van der Waals surface area contributed by atoms with Crippen molar-refractivity contribution < 1.29 is 18.0 Å². The maximum Gasteiger partial charge on any atom is 0.341 e. The van der Waals surface area contributed by atoms with Gasteiger partial charge >= 0.3 is 5.97 Å². The van der Waals surface area contributed by atoms with E-state index in [1.54, 1.807) is 6.92 Å². The van der Waals surface area contributed by atoms with Gasteiger partial charge in [0.1, 0.15) is 11.4 Å². The first-order chi connectivity index (χ1) is 9.75. The quantitative estimate of drug-likeness (QED) is 0.770. The Labute approximate surface area is 108 Å². The Kier molecular flexibility index (Phi) is 2.26. The number of carbonyl (C=O) groups excluding carboxylic acids is 1. The van der Waals surface area contributed by atoms with Gasteiger partial charge in [0, 0.05) is 4.11 Å². The summed E-state index contributed by atoms with van der Waals surface area (Å²) in [4.78, 5) is 11.8. The molecule has 0 fully saturated rings. The smallest absolute Gasteiger partial charge is 0.341 e. The van der Waals surface area contributed by atoms with Crippen LogP contribution in [0.3, 0.4) is 0 Å². The standard InChI is InChI=1S/C13H13FN2O2/c1-8-12(13(17)18-3)9(2)16(15-8)11-6-4-10(14)5-7-11/h4-7H,1-3H3/i1D3. The number of nitrogens with zero attached hydrogens (tertiary/aromatic N) is 2. The van der Waals surface area contributed by atoms with Crippen LogP contribution in [-0.2, 0) is 4.74 Å². The van der Waals surface area contributed by atoms with Gasteiger partial charge in [-0.3, -0.25) is 0 Å². The average Bonchev–Trinajstić information content (AvgIpc) is 2.76. The summed E-state index contributed by atoms with van der Waals surface area (Å²) in [5.41, 5.74) is 0.340. The van der Waals surface area contributed by atoms with E-state index in [0.717, 1.165) is 0 Å². The second-order valence-corrected chi connectivity index (χ2v) is 3.69. The highest BCUT2D eigenvalue weighted by molar-refractivity contribution is 5.91. The number of methoxy groups -OCH3 is 1. The second-order valence-electron chi connectivity index (χ2n) is 3.69. The fourth-order valence-electron chi connectivity index (χ4n) is 1.68. The molecule has 0 N–H and O–H groups in total. The number of aryl methyl sites for hydroxylation is 1. The summed E-state index contributed by atoms with van der Waals surface area (Å²) >= 11 is 0. The average molecular weight is 251 g/mol. The van der Waals surface area contributed by atoms with E-state index in [2.05, 4.69) is 9.84 Å². The molecule has 0 radical (unpaired) electrons. The van der Waals surface area contributed by atoms with E-state index in [4.69, 9.17) is 4.11 Å². The Bertz CT molecular complexity index is 678. The van der Waals surface area contributed by atoms with Gasteiger partial charge in [0.2, 0.25) is 0 Å². The minimum absolute atomic E-state index is 0.0955. The summed E-state index contributed by atoms with van der Waals surface area (Å²) in [5, 5.41) is 3.98. The molecule has 2 rings (SSSR count). The number of hydrogen-bond acceptors (Lipinski definition) is 3. The molecule has 2 aromatic rings. The van der Waals surface area contributed by atoms with Gasteiger partial charge in [-0.15, -0.1) is 0 Å². The van der Waals surface area contributed by atoms with E-state index in [1.807, 2.05) is 0 Å². The molecule has 94 valence electrons. The van der Waals surface area contributed by atoms with Gasteiger partial charge < -0.3 is 4.74 Å².